The highest BCUT2D eigenvalue weighted by Gasteiger charge is 2.34. The van der Waals surface area contributed by atoms with Crippen molar-refractivity contribution in [3.63, 3.8) is 0 Å². The normalized spacial score (nSPS) is 35.0. The maximum absolute atomic E-state index is 12.0. The second-order valence-electron chi connectivity index (χ2n) is 4.81. The Kier molecular flexibility index (Phi) is 3.82. The number of ether oxygens (including phenoxy) is 1. The van der Waals surface area contributed by atoms with Crippen LogP contribution in [0.1, 0.15) is 26.7 Å². The monoisotopic (exact) mass is 226 g/mol. The first-order chi connectivity index (χ1) is 7.72. The van der Waals surface area contributed by atoms with Gasteiger partial charge in [-0.25, -0.2) is 0 Å². The summed E-state index contributed by atoms with van der Waals surface area (Å²) in [7, 11) is 0. The molecule has 92 valence electrons. The zero-order chi connectivity index (χ0) is 11.5. The van der Waals surface area contributed by atoms with E-state index in [9.17, 15) is 4.79 Å². The van der Waals surface area contributed by atoms with Crippen molar-refractivity contribution in [2.75, 3.05) is 26.2 Å². The number of carbonyl (C=O) groups excluding carboxylic acids is 1. The molecule has 2 saturated heterocycles. The van der Waals surface area contributed by atoms with Crippen LogP contribution in [0.5, 0.6) is 0 Å². The van der Waals surface area contributed by atoms with E-state index in [0.29, 0.717) is 12.0 Å². The highest BCUT2D eigenvalue weighted by atomic mass is 16.5. The topological polar surface area (TPSA) is 41.6 Å². The molecule has 1 N–H and O–H groups in total. The maximum Gasteiger partial charge on any atom is 0.239 e. The smallest absolute Gasteiger partial charge is 0.239 e. The standard InChI is InChI=1S/C12H22N2O2/c1-3-13-11-4-6-14(12(11)15)8-10-5-7-16-9(10)2/h9-11,13H,3-8H2,1-2H3. The molecular weight excluding hydrogens is 204 g/mol. The summed E-state index contributed by atoms with van der Waals surface area (Å²) in [6.45, 7) is 7.65. The summed E-state index contributed by atoms with van der Waals surface area (Å²) in [5.41, 5.74) is 0. The van der Waals surface area contributed by atoms with Gasteiger partial charge in [-0.05, 0) is 26.3 Å². The second-order valence-corrected chi connectivity index (χ2v) is 4.81. The SMILES string of the molecule is CCNC1CCN(CC2CCOC2C)C1=O. The van der Waals surface area contributed by atoms with Crippen LogP contribution in [0, 0.1) is 5.92 Å². The molecule has 0 aromatic rings. The molecule has 16 heavy (non-hydrogen) atoms. The summed E-state index contributed by atoms with van der Waals surface area (Å²) in [5, 5.41) is 3.24. The summed E-state index contributed by atoms with van der Waals surface area (Å²) in [6, 6.07) is 0.0580. The van der Waals surface area contributed by atoms with Crippen LogP contribution in [0.4, 0.5) is 0 Å². The van der Waals surface area contributed by atoms with E-state index < -0.39 is 0 Å². The van der Waals surface area contributed by atoms with Gasteiger partial charge in [0.25, 0.3) is 0 Å². The number of carbonyl (C=O) groups is 1. The summed E-state index contributed by atoms with van der Waals surface area (Å²) < 4.78 is 5.53. The lowest BCUT2D eigenvalue weighted by Crippen LogP contribution is -2.40. The number of likely N-dealkylation sites (tertiary alicyclic amines) is 1. The molecule has 2 aliphatic heterocycles. The third-order valence-corrected chi connectivity index (χ3v) is 3.74. The molecule has 2 heterocycles. The molecule has 2 fully saturated rings. The summed E-state index contributed by atoms with van der Waals surface area (Å²) in [6.07, 6.45) is 2.36. The third kappa shape index (κ3) is 2.38. The van der Waals surface area contributed by atoms with Crippen molar-refractivity contribution in [3.8, 4) is 0 Å². The number of nitrogens with zero attached hydrogens (tertiary/aromatic N) is 1. The van der Waals surface area contributed by atoms with Crippen molar-refractivity contribution < 1.29 is 9.53 Å². The van der Waals surface area contributed by atoms with E-state index in [1.807, 2.05) is 11.8 Å². The molecule has 2 rings (SSSR count). The Morgan fingerprint density at radius 3 is 2.94 bits per heavy atom. The molecule has 0 spiro atoms. The predicted molar refractivity (Wildman–Crippen MR) is 62.2 cm³/mol. The molecule has 4 nitrogen and oxygen atoms in total. The molecule has 0 bridgehead atoms. The van der Waals surface area contributed by atoms with Crippen LogP contribution in [0.2, 0.25) is 0 Å². The molecule has 3 atom stereocenters. The van der Waals surface area contributed by atoms with E-state index in [-0.39, 0.29) is 11.9 Å². The highest BCUT2D eigenvalue weighted by Crippen LogP contribution is 2.23. The van der Waals surface area contributed by atoms with Crippen LogP contribution < -0.4 is 5.32 Å². The van der Waals surface area contributed by atoms with Gasteiger partial charge in [0.2, 0.25) is 5.91 Å². The van der Waals surface area contributed by atoms with Crippen LogP contribution in [0.3, 0.4) is 0 Å². The largest absolute Gasteiger partial charge is 0.378 e. The van der Waals surface area contributed by atoms with E-state index >= 15 is 0 Å². The first kappa shape index (κ1) is 11.9. The molecule has 3 unspecified atom stereocenters. The fraction of sp³-hybridized carbons (Fsp3) is 0.917. The molecule has 0 aliphatic carbocycles. The van der Waals surface area contributed by atoms with Crippen LogP contribution in [-0.4, -0.2) is 49.2 Å². The zero-order valence-electron chi connectivity index (χ0n) is 10.2. The van der Waals surface area contributed by atoms with Crippen LogP contribution in [0.25, 0.3) is 0 Å². The lowest BCUT2D eigenvalue weighted by atomic mass is 10.0. The molecule has 2 aliphatic rings. The minimum absolute atomic E-state index is 0.0580. The van der Waals surface area contributed by atoms with Crippen molar-refractivity contribution >= 4 is 5.91 Å². The van der Waals surface area contributed by atoms with E-state index in [0.717, 1.165) is 39.1 Å². The first-order valence-electron chi connectivity index (χ1n) is 6.36. The van der Waals surface area contributed by atoms with E-state index in [4.69, 9.17) is 4.74 Å². The molecule has 0 aromatic carbocycles. The molecule has 1 amide bonds. The average molecular weight is 226 g/mol. The minimum atomic E-state index is 0.0580. The van der Waals surface area contributed by atoms with E-state index in [1.165, 1.54) is 0 Å². The third-order valence-electron chi connectivity index (χ3n) is 3.74. The summed E-state index contributed by atoms with van der Waals surface area (Å²) in [5.74, 6) is 0.810. The van der Waals surface area contributed by atoms with Crippen LogP contribution in [-0.2, 0) is 9.53 Å². The van der Waals surface area contributed by atoms with Crippen molar-refractivity contribution in [1.29, 1.82) is 0 Å². The van der Waals surface area contributed by atoms with Crippen molar-refractivity contribution in [2.24, 2.45) is 5.92 Å². The summed E-state index contributed by atoms with van der Waals surface area (Å²) in [4.78, 5) is 14.0. The lowest BCUT2D eigenvalue weighted by molar-refractivity contribution is -0.130. The molecule has 0 saturated carbocycles. The Balaban J connectivity index is 1.85. The zero-order valence-corrected chi connectivity index (χ0v) is 10.2. The number of amides is 1. The second kappa shape index (κ2) is 5.15. The van der Waals surface area contributed by atoms with E-state index in [1.54, 1.807) is 0 Å². The van der Waals surface area contributed by atoms with Gasteiger partial charge in [0.1, 0.15) is 0 Å². The Bertz CT molecular complexity index is 257. The van der Waals surface area contributed by atoms with E-state index in [2.05, 4.69) is 12.2 Å². The van der Waals surface area contributed by atoms with Crippen LogP contribution >= 0.6 is 0 Å². The Labute approximate surface area is 97.3 Å². The van der Waals surface area contributed by atoms with Gasteiger partial charge >= 0.3 is 0 Å². The van der Waals surface area contributed by atoms with Gasteiger partial charge in [-0.3, -0.25) is 4.79 Å². The average Bonchev–Trinajstić information content (AvgIpc) is 2.80. The van der Waals surface area contributed by atoms with Crippen LogP contribution in [0.15, 0.2) is 0 Å². The number of nitrogens with one attached hydrogen (secondary N) is 1. The molecule has 0 aromatic heterocycles. The predicted octanol–water partition coefficient (Wildman–Crippen LogP) is 0.622. The fourth-order valence-electron chi connectivity index (χ4n) is 2.65. The van der Waals surface area contributed by atoms with Crippen molar-refractivity contribution in [2.45, 2.75) is 38.8 Å². The number of hydrogen-bond acceptors (Lipinski definition) is 3. The fourth-order valence-corrected chi connectivity index (χ4v) is 2.65. The number of rotatable bonds is 4. The Morgan fingerprint density at radius 2 is 2.31 bits per heavy atom. The molecule has 0 radical (unpaired) electrons. The van der Waals surface area contributed by atoms with Crippen molar-refractivity contribution in [3.05, 3.63) is 0 Å². The lowest BCUT2D eigenvalue weighted by Gasteiger charge is -2.22. The number of hydrogen-bond donors (Lipinski definition) is 1. The quantitative estimate of drug-likeness (QED) is 0.764. The van der Waals surface area contributed by atoms with Gasteiger partial charge in [0.05, 0.1) is 12.1 Å². The minimum Gasteiger partial charge on any atom is -0.378 e. The van der Waals surface area contributed by atoms with Gasteiger partial charge in [-0.1, -0.05) is 6.92 Å². The Hall–Kier alpha value is -0.610. The van der Waals surface area contributed by atoms with Gasteiger partial charge in [0.15, 0.2) is 0 Å². The Morgan fingerprint density at radius 1 is 1.50 bits per heavy atom. The first-order valence-corrected chi connectivity index (χ1v) is 6.36. The van der Waals surface area contributed by atoms with Gasteiger partial charge in [-0.2, -0.15) is 0 Å². The van der Waals surface area contributed by atoms with Gasteiger partial charge in [-0.15, -0.1) is 0 Å². The van der Waals surface area contributed by atoms with Gasteiger partial charge < -0.3 is 15.0 Å². The molecule has 4 heteroatoms. The summed E-state index contributed by atoms with van der Waals surface area (Å²) >= 11 is 0. The maximum atomic E-state index is 12.0. The van der Waals surface area contributed by atoms with Crippen molar-refractivity contribution in [1.82, 2.24) is 10.2 Å². The molecular formula is C12H22N2O2. The number of likely N-dealkylation sites (N-methyl/N-ethyl adjacent to an activating group) is 1. The highest BCUT2D eigenvalue weighted by molar-refractivity contribution is 5.83. The van der Waals surface area contributed by atoms with Gasteiger partial charge in [0, 0.05) is 25.6 Å².